The Morgan fingerprint density at radius 1 is 1.21 bits per heavy atom. The number of nitrogens with one attached hydrogen (secondary N) is 1. The Morgan fingerprint density at radius 3 is 2.50 bits per heavy atom. The highest BCUT2D eigenvalue weighted by molar-refractivity contribution is 8.05. The number of halogens is 1. The molecule has 1 aliphatic heterocycles. The third-order valence-corrected chi connectivity index (χ3v) is 5.69. The Morgan fingerprint density at radius 2 is 1.89 bits per heavy atom. The standard InChI is InChI=1S/C21H18FN3O2S/c1-2-18-20(27)25(16-10-8-15(22)9-11-16)21(28-18)17(12-23)19(26)24-13-14-6-4-3-5-7-14/h3-11,18H,2,13H2,1H3,(H,24,26). The van der Waals surface area contributed by atoms with E-state index in [0.29, 0.717) is 12.1 Å². The molecule has 7 heteroatoms. The lowest BCUT2D eigenvalue weighted by Gasteiger charge is -2.18. The number of rotatable bonds is 5. The fraction of sp³-hybridized carbons (Fsp3) is 0.190. The highest BCUT2D eigenvalue weighted by Gasteiger charge is 2.39. The average Bonchev–Trinajstić information content (AvgIpc) is 3.04. The monoisotopic (exact) mass is 395 g/mol. The molecule has 3 rings (SSSR count). The van der Waals surface area contributed by atoms with Gasteiger partial charge in [0.1, 0.15) is 22.5 Å². The molecule has 2 aromatic rings. The van der Waals surface area contributed by atoms with E-state index in [1.165, 1.54) is 40.9 Å². The highest BCUT2D eigenvalue weighted by Crippen LogP contribution is 2.41. The molecule has 1 saturated heterocycles. The summed E-state index contributed by atoms with van der Waals surface area (Å²) < 4.78 is 13.3. The Bertz CT molecular complexity index is 952. The SMILES string of the molecule is CCC1SC(=C(C#N)C(=O)NCc2ccccc2)N(c2ccc(F)cc2)C1=O. The van der Waals surface area contributed by atoms with E-state index in [4.69, 9.17) is 0 Å². The molecule has 0 saturated carbocycles. The molecule has 2 amide bonds. The number of thioether (sulfide) groups is 1. The first kappa shape index (κ1) is 19.6. The van der Waals surface area contributed by atoms with Gasteiger partial charge in [-0.25, -0.2) is 4.39 Å². The van der Waals surface area contributed by atoms with E-state index in [1.807, 2.05) is 43.3 Å². The van der Waals surface area contributed by atoms with Crippen molar-refractivity contribution in [2.75, 3.05) is 4.90 Å². The van der Waals surface area contributed by atoms with Gasteiger partial charge in [-0.15, -0.1) is 0 Å². The van der Waals surface area contributed by atoms with Crippen LogP contribution in [0.15, 0.2) is 65.2 Å². The van der Waals surface area contributed by atoms with Crippen molar-refractivity contribution < 1.29 is 14.0 Å². The van der Waals surface area contributed by atoms with Crippen LogP contribution in [0.5, 0.6) is 0 Å². The second kappa shape index (κ2) is 8.72. The number of nitrogens with zero attached hydrogens (tertiary/aromatic N) is 2. The van der Waals surface area contributed by atoms with Gasteiger partial charge in [-0.05, 0) is 36.2 Å². The third-order valence-electron chi connectivity index (χ3n) is 4.26. The minimum Gasteiger partial charge on any atom is -0.347 e. The summed E-state index contributed by atoms with van der Waals surface area (Å²) in [5.41, 5.74) is 1.19. The van der Waals surface area contributed by atoms with E-state index in [0.717, 1.165) is 5.56 Å². The molecular formula is C21H18FN3O2S. The summed E-state index contributed by atoms with van der Waals surface area (Å²) in [5, 5.41) is 12.2. The van der Waals surface area contributed by atoms with Crippen LogP contribution in [0.4, 0.5) is 10.1 Å². The van der Waals surface area contributed by atoms with Gasteiger partial charge in [-0.1, -0.05) is 49.0 Å². The molecule has 1 fully saturated rings. The topological polar surface area (TPSA) is 73.2 Å². The quantitative estimate of drug-likeness (QED) is 0.618. The van der Waals surface area contributed by atoms with Gasteiger partial charge >= 0.3 is 0 Å². The maximum atomic E-state index is 13.3. The molecule has 2 aromatic carbocycles. The number of carbonyl (C=O) groups is 2. The number of anilines is 1. The van der Waals surface area contributed by atoms with E-state index in [2.05, 4.69) is 5.32 Å². The van der Waals surface area contributed by atoms with Crippen molar-refractivity contribution in [1.29, 1.82) is 5.26 Å². The number of nitriles is 1. The molecule has 1 unspecified atom stereocenters. The van der Waals surface area contributed by atoms with Crippen LogP contribution in [0.25, 0.3) is 0 Å². The summed E-state index contributed by atoms with van der Waals surface area (Å²) in [5.74, 6) is -1.20. The molecule has 0 aromatic heterocycles. The molecule has 1 N–H and O–H groups in total. The predicted molar refractivity (Wildman–Crippen MR) is 106 cm³/mol. The lowest BCUT2D eigenvalue weighted by molar-refractivity contribution is -0.117. The average molecular weight is 395 g/mol. The smallest absolute Gasteiger partial charge is 0.264 e. The minimum absolute atomic E-state index is 0.130. The van der Waals surface area contributed by atoms with Crippen molar-refractivity contribution in [2.45, 2.75) is 25.1 Å². The molecule has 142 valence electrons. The Balaban J connectivity index is 1.93. The van der Waals surface area contributed by atoms with Crippen LogP contribution in [-0.4, -0.2) is 17.1 Å². The molecule has 0 spiro atoms. The van der Waals surface area contributed by atoms with Gasteiger partial charge in [-0.3, -0.25) is 14.5 Å². The third kappa shape index (κ3) is 4.07. The van der Waals surface area contributed by atoms with Gasteiger partial charge in [0.15, 0.2) is 0 Å². The predicted octanol–water partition coefficient (Wildman–Crippen LogP) is 3.74. The Hall–Kier alpha value is -3.11. The Labute approximate surface area is 166 Å². The van der Waals surface area contributed by atoms with E-state index >= 15 is 0 Å². The van der Waals surface area contributed by atoms with Crippen LogP contribution < -0.4 is 10.2 Å². The van der Waals surface area contributed by atoms with E-state index < -0.39 is 17.0 Å². The van der Waals surface area contributed by atoms with Gasteiger partial charge in [0.2, 0.25) is 5.91 Å². The lowest BCUT2D eigenvalue weighted by atomic mass is 10.2. The number of hydrogen-bond acceptors (Lipinski definition) is 4. The van der Waals surface area contributed by atoms with Crippen molar-refractivity contribution >= 4 is 29.3 Å². The van der Waals surface area contributed by atoms with E-state index in [1.54, 1.807) is 0 Å². The fourth-order valence-corrected chi connectivity index (χ4v) is 4.01. The summed E-state index contributed by atoms with van der Waals surface area (Å²) in [6, 6.07) is 16.7. The number of amides is 2. The Kier molecular flexibility index (Phi) is 6.12. The normalized spacial score (nSPS) is 18.0. The molecule has 1 aliphatic rings. The summed E-state index contributed by atoms with van der Waals surface area (Å²) in [6.45, 7) is 2.13. The van der Waals surface area contributed by atoms with Crippen LogP contribution in [0.2, 0.25) is 0 Å². The van der Waals surface area contributed by atoms with E-state index in [9.17, 15) is 19.2 Å². The fourth-order valence-electron chi connectivity index (χ4n) is 2.81. The van der Waals surface area contributed by atoms with Crippen LogP contribution >= 0.6 is 11.8 Å². The van der Waals surface area contributed by atoms with Crippen LogP contribution in [-0.2, 0) is 16.1 Å². The van der Waals surface area contributed by atoms with Gasteiger partial charge in [0.05, 0.1) is 5.25 Å². The minimum atomic E-state index is -0.550. The van der Waals surface area contributed by atoms with Gasteiger partial charge in [0, 0.05) is 12.2 Å². The first-order valence-electron chi connectivity index (χ1n) is 8.77. The van der Waals surface area contributed by atoms with Crippen molar-refractivity contribution in [2.24, 2.45) is 0 Å². The molecule has 0 aliphatic carbocycles. The molecule has 28 heavy (non-hydrogen) atoms. The maximum Gasteiger partial charge on any atom is 0.264 e. The number of hydrogen-bond donors (Lipinski definition) is 1. The summed E-state index contributed by atoms with van der Waals surface area (Å²) >= 11 is 1.19. The van der Waals surface area contributed by atoms with Crippen LogP contribution in [0.1, 0.15) is 18.9 Å². The van der Waals surface area contributed by atoms with Crippen LogP contribution in [0, 0.1) is 17.1 Å². The second-order valence-electron chi connectivity index (χ2n) is 6.13. The van der Waals surface area contributed by atoms with Crippen LogP contribution in [0.3, 0.4) is 0 Å². The molecular weight excluding hydrogens is 377 g/mol. The summed E-state index contributed by atoms with van der Waals surface area (Å²) in [7, 11) is 0. The highest BCUT2D eigenvalue weighted by atomic mass is 32.2. The molecule has 0 bridgehead atoms. The largest absolute Gasteiger partial charge is 0.347 e. The maximum absolute atomic E-state index is 13.3. The zero-order chi connectivity index (χ0) is 20.1. The molecule has 1 atom stereocenters. The first-order chi connectivity index (χ1) is 13.5. The lowest BCUT2D eigenvalue weighted by Crippen LogP contribution is -2.31. The zero-order valence-corrected chi connectivity index (χ0v) is 16.0. The molecule has 0 radical (unpaired) electrons. The molecule has 1 heterocycles. The zero-order valence-electron chi connectivity index (χ0n) is 15.2. The van der Waals surface area contributed by atoms with Crippen molar-refractivity contribution in [1.82, 2.24) is 5.32 Å². The first-order valence-corrected chi connectivity index (χ1v) is 9.65. The van der Waals surface area contributed by atoms with Gasteiger partial charge in [0.25, 0.3) is 5.91 Å². The van der Waals surface area contributed by atoms with Gasteiger partial charge in [-0.2, -0.15) is 5.26 Å². The van der Waals surface area contributed by atoms with Crippen molar-refractivity contribution in [3.8, 4) is 6.07 Å². The van der Waals surface area contributed by atoms with Gasteiger partial charge < -0.3 is 5.32 Å². The summed E-state index contributed by atoms with van der Waals surface area (Å²) in [4.78, 5) is 26.8. The van der Waals surface area contributed by atoms with Crippen molar-refractivity contribution in [3.05, 3.63) is 76.6 Å². The van der Waals surface area contributed by atoms with E-state index in [-0.39, 0.29) is 23.1 Å². The molecule has 5 nitrogen and oxygen atoms in total. The number of carbonyl (C=O) groups excluding carboxylic acids is 2. The van der Waals surface area contributed by atoms with Crippen molar-refractivity contribution in [3.63, 3.8) is 0 Å². The summed E-state index contributed by atoms with van der Waals surface area (Å²) in [6.07, 6.45) is 0.551. The second-order valence-corrected chi connectivity index (χ2v) is 7.32. The number of benzene rings is 2.